The maximum Gasteiger partial charge on any atom is 0.416 e. The third kappa shape index (κ3) is 5.35. The molecule has 1 aliphatic heterocycles. The lowest BCUT2D eigenvalue weighted by atomic mass is 10.1. The quantitative estimate of drug-likeness (QED) is 0.701. The second kappa shape index (κ2) is 8.83. The van der Waals surface area contributed by atoms with Gasteiger partial charge in [-0.2, -0.15) is 13.2 Å². The maximum atomic E-state index is 12.9. The summed E-state index contributed by atoms with van der Waals surface area (Å²) in [6.45, 7) is -0.0545. The Labute approximate surface area is 170 Å². The minimum absolute atomic E-state index is 0.0231. The highest BCUT2D eigenvalue weighted by atomic mass is 19.4. The molecule has 2 N–H and O–H groups in total. The molecular weight excluding hydrogens is 404 g/mol. The second-order valence-corrected chi connectivity index (χ2v) is 7.19. The van der Waals surface area contributed by atoms with Gasteiger partial charge >= 0.3 is 6.18 Å². The van der Waals surface area contributed by atoms with Crippen LogP contribution in [0.15, 0.2) is 48.5 Å². The fourth-order valence-electron chi connectivity index (χ4n) is 3.31. The van der Waals surface area contributed by atoms with E-state index in [0.29, 0.717) is 11.1 Å². The summed E-state index contributed by atoms with van der Waals surface area (Å²) in [4.78, 5) is 25.9. The van der Waals surface area contributed by atoms with Crippen LogP contribution in [0.1, 0.15) is 29.2 Å². The summed E-state index contributed by atoms with van der Waals surface area (Å²) in [5, 5.41) is 12.6. The van der Waals surface area contributed by atoms with Gasteiger partial charge in [-0.1, -0.05) is 24.3 Å². The smallest absolute Gasteiger partial charge is 0.387 e. The molecule has 2 unspecified atom stereocenters. The molecule has 160 valence electrons. The van der Waals surface area contributed by atoms with Crippen LogP contribution in [-0.4, -0.2) is 34.9 Å². The first-order valence-corrected chi connectivity index (χ1v) is 9.28. The molecule has 0 saturated carbocycles. The summed E-state index contributed by atoms with van der Waals surface area (Å²) < 4.78 is 51.5. The van der Waals surface area contributed by atoms with Crippen molar-refractivity contribution in [3.05, 3.63) is 71.0 Å². The van der Waals surface area contributed by atoms with E-state index in [-0.39, 0.29) is 32.0 Å². The summed E-state index contributed by atoms with van der Waals surface area (Å²) in [6.07, 6.45) is -5.57. The van der Waals surface area contributed by atoms with E-state index in [1.807, 2.05) is 0 Å². The molecule has 2 atom stereocenters. The number of amides is 2. The average Bonchev–Trinajstić information content (AvgIpc) is 3.06. The Balaban J connectivity index is 1.55. The van der Waals surface area contributed by atoms with E-state index in [2.05, 4.69) is 5.32 Å². The molecule has 2 amide bonds. The zero-order valence-corrected chi connectivity index (χ0v) is 15.8. The third-order valence-electron chi connectivity index (χ3n) is 4.94. The number of aliphatic hydroxyl groups excluding tert-OH is 1. The van der Waals surface area contributed by atoms with Gasteiger partial charge in [0.15, 0.2) is 0 Å². The number of carbonyl (C=O) groups excluding carboxylic acids is 2. The monoisotopic (exact) mass is 424 g/mol. The van der Waals surface area contributed by atoms with E-state index in [0.717, 1.165) is 12.1 Å². The van der Waals surface area contributed by atoms with Gasteiger partial charge in [0, 0.05) is 26.1 Å². The first-order chi connectivity index (χ1) is 14.1. The van der Waals surface area contributed by atoms with E-state index >= 15 is 0 Å². The van der Waals surface area contributed by atoms with Crippen molar-refractivity contribution in [2.75, 3.05) is 13.1 Å². The number of hydrogen-bond donors (Lipinski definition) is 2. The van der Waals surface area contributed by atoms with Crippen LogP contribution in [0.3, 0.4) is 0 Å². The predicted molar refractivity (Wildman–Crippen MR) is 99.3 cm³/mol. The SMILES string of the molecule is O=C(NCC(O)c1ccc(F)cc1)C1CC(=O)N(Cc2cccc(C(F)(F)F)c2)C1. The molecular formula is C21H20F4N2O3. The van der Waals surface area contributed by atoms with Gasteiger partial charge in [-0.15, -0.1) is 0 Å². The van der Waals surface area contributed by atoms with Crippen LogP contribution in [0.5, 0.6) is 0 Å². The van der Waals surface area contributed by atoms with Crippen molar-refractivity contribution in [2.24, 2.45) is 5.92 Å². The molecule has 0 radical (unpaired) electrons. The molecule has 1 aliphatic rings. The molecule has 1 heterocycles. The zero-order valence-electron chi connectivity index (χ0n) is 15.8. The van der Waals surface area contributed by atoms with Crippen molar-refractivity contribution in [1.29, 1.82) is 0 Å². The van der Waals surface area contributed by atoms with Crippen LogP contribution in [0, 0.1) is 11.7 Å². The Morgan fingerprint density at radius 1 is 1.20 bits per heavy atom. The van der Waals surface area contributed by atoms with Gasteiger partial charge in [-0.25, -0.2) is 4.39 Å². The zero-order chi connectivity index (χ0) is 21.9. The highest BCUT2D eigenvalue weighted by Crippen LogP contribution is 2.30. The number of carbonyl (C=O) groups is 2. The van der Waals surface area contributed by atoms with Crippen LogP contribution >= 0.6 is 0 Å². The minimum Gasteiger partial charge on any atom is -0.387 e. The van der Waals surface area contributed by atoms with E-state index < -0.39 is 35.5 Å². The van der Waals surface area contributed by atoms with E-state index in [1.54, 1.807) is 0 Å². The van der Waals surface area contributed by atoms with Crippen molar-refractivity contribution in [3.63, 3.8) is 0 Å². The molecule has 5 nitrogen and oxygen atoms in total. The van der Waals surface area contributed by atoms with E-state index in [9.17, 15) is 32.3 Å². The summed E-state index contributed by atoms with van der Waals surface area (Å²) in [5.74, 6) is -1.87. The highest BCUT2D eigenvalue weighted by molar-refractivity contribution is 5.89. The summed E-state index contributed by atoms with van der Waals surface area (Å²) in [7, 11) is 0. The van der Waals surface area contributed by atoms with Gasteiger partial charge in [0.2, 0.25) is 11.8 Å². The summed E-state index contributed by atoms with van der Waals surface area (Å²) >= 11 is 0. The molecule has 0 aliphatic carbocycles. The van der Waals surface area contributed by atoms with Gasteiger partial charge < -0.3 is 15.3 Å². The third-order valence-corrected chi connectivity index (χ3v) is 4.94. The molecule has 0 bridgehead atoms. The number of benzene rings is 2. The molecule has 0 aromatic heterocycles. The number of halogens is 4. The number of nitrogens with one attached hydrogen (secondary N) is 1. The fourth-order valence-corrected chi connectivity index (χ4v) is 3.31. The van der Waals surface area contributed by atoms with Gasteiger partial charge in [0.05, 0.1) is 17.6 Å². The Bertz CT molecular complexity index is 915. The Kier molecular flexibility index (Phi) is 6.40. The summed E-state index contributed by atoms with van der Waals surface area (Å²) in [6, 6.07) is 9.92. The van der Waals surface area contributed by atoms with Crippen molar-refractivity contribution in [1.82, 2.24) is 10.2 Å². The Hall–Kier alpha value is -2.94. The van der Waals surface area contributed by atoms with Crippen molar-refractivity contribution >= 4 is 11.8 Å². The van der Waals surface area contributed by atoms with Crippen LogP contribution < -0.4 is 5.32 Å². The number of hydrogen-bond acceptors (Lipinski definition) is 3. The van der Waals surface area contributed by atoms with Crippen LogP contribution in [0.25, 0.3) is 0 Å². The largest absolute Gasteiger partial charge is 0.416 e. The lowest BCUT2D eigenvalue weighted by Gasteiger charge is -2.18. The summed E-state index contributed by atoms with van der Waals surface area (Å²) in [5.41, 5.74) is -0.0351. The van der Waals surface area contributed by atoms with Gasteiger partial charge in [-0.3, -0.25) is 9.59 Å². The van der Waals surface area contributed by atoms with Gasteiger partial charge in [-0.05, 0) is 35.4 Å². The van der Waals surface area contributed by atoms with Crippen molar-refractivity contribution in [3.8, 4) is 0 Å². The molecule has 1 saturated heterocycles. The van der Waals surface area contributed by atoms with Gasteiger partial charge in [0.25, 0.3) is 0 Å². The lowest BCUT2D eigenvalue weighted by molar-refractivity contribution is -0.137. The molecule has 3 rings (SSSR count). The minimum atomic E-state index is -4.47. The number of rotatable bonds is 6. The molecule has 9 heteroatoms. The first kappa shape index (κ1) is 21.8. The highest BCUT2D eigenvalue weighted by Gasteiger charge is 2.35. The van der Waals surface area contributed by atoms with Crippen molar-refractivity contribution < 1.29 is 32.3 Å². The topological polar surface area (TPSA) is 69.6 Å². The van der Waals surface area contributed by atoms with E-state index in [4.69, 9.17) is 0 Å². The van der Waals surface area contributed by atoms with Crippen LogP contribution in [-0.2, 0) is 22.3 Å². The Morgan fingerprint density at radius 3 is 2.57 bits per heavy atom. The lowest BCUT2D eigenvalue weighted by Crippen LogP contribution is -2.35. The van der Waals surface area contributed by atoms with E-state index in [1.165, 1.54) is 41.3 Å². The van der Waals surface area contributed by atoms with Gasteiger partial charge in [0.1, 0.15) is 5.82 Å². The molecule has 1 fully saturated rings. The fraction of sp³-hybridized carbons (Fsp3) is 0.333. The van der Waals surface area contributed by atoms with Crippen LogP contribution in [0.4, 0.5) is 17.6 Å². The average molecular weight is 424 g/mol. The maximum absolute atomic E-state index is 12.9. The Morgan fingerprint density at radius 2 is 1.90 bits per heavy atom. The molecule has 2 aromatic carbocycles. The molecule has 2 aromatic rings. The molecule has 30 heavy (non-hydrogen) atoms. The number of alkyl halides is 3. The van der Waals surface area contributed by atoms with Crippen LogP contribution in [0.2, 0.25) is 0 Å². The molecule has 0 spiro atoms. The normalized spacial score (nSPS) is 17.8. The standard InChI is InChI=1S/C21H20F4N2O3/c22-17-6-4-14(5-7-17)18(28)10-26-20(30)15-9-19(29)27(12-15)11-13-2-1-3-16(8-13)21(23,24)25/h1-8,15,18,28H,9-12H2,(H,26,30). The number of likely N-dealkylation sites (tertiary alicyclic amines) is 1. The van der Waals surface area contributed by atoms with Crippen molar-refractivity contribution in [2.45, 2.75) is 25.2 Å². The number of aliphatic hydroxyl groups is 1. The predicted octanol–water partition coefficient (Wildman–Crippen LogP) is 3.04. The second-order valence-electron chi connectivity index (χ2n) is 7.19. The first-order valence-electron chi connectivity index (χ1n) is 9.28. The number of nitrogens with zero attached hydrogens (tertiary/aromatic N) is 1.